The van der Waals surface area contributed by atoms with E-state index in [1.807, 2.05) is 0 Å². The zero-order chi connectivity index (χ0) is 24.8. The maximum Gasteiger partial charge on any atom is 0.417 e. The van der Waals surface area contributed by atoms with E-state index in [0.717, 1.165) is 28.2 Å². The van der Waals surface area contributed by atoms with Crippen molar-refractivity contribution in [3.8, 4) is 0 Å². The second-order valence-corrected chi connectivity index (χ2v) is 7.74. The van der Waals surface area contributed by atoms with Crippen LogP contribution in [0.2, 0.25) is 0 Å². The van der Waals surface area contributed by atoms with Crippen molar-refractivity contribution in [1.82, 2.24) is 20.0 Å². The fraction of sp³-hybridized carbons (Fsp3) is 0.273. The van der Waals surface area contributed by atoms with Gasteiger partial charge in [0, 0.05) is 37.2 Å². The number of aromatic nitrogens is 2. The van der Waals surface area contributed by atoms with Crippen LogP contribution in [0.3, 0.4) is 0 Å². The van der Waals surface area contributed by atoms with Gasteiger partial charge in [0.1, 0.15) is 11.6 Å². The van der Waals surface area contributed by atoms with Gasteiger partial charge in [0.05, 0.1) is 42.1 Å². The van der Waals surface area contributed by atoms with Crippen LogP contribution in [0.25, 0.3) is 10.9 Å². The lowest BCUT2D eigenvalue weighted by Gasteiger charge is -2.31. The molecule has 0 aliphatic carbocycles. The molecule has 0 fully saturated rings. The minimum absolute atomic E-state index is 0.0689. The average Bonchev–Trinajstić information content (AvgIpc) is 3.27. The van der Waals surface area contributed by atoms with Crippen molar-refractivity contribution in [3.63, 3.8) is 0 Å². The standard InChI is InChI=1S/C22H19F4N5O3/c1-11(32)30(2)31(8-13-4-3-12(7-28-13)22(24,25)26)21(33)15-5-14-16-9-34-10-17(16)20(27)29-19(14)6-18(15)23/h3-7H,8-10H2,1-2H3,(H2,27,29). The molecule has 178 valence electrons. The Hall–Kier alpha value is -3.80. The maximum atomic E-state index is 15.0. The van der Waals surface area contributed by atoms with Crippen LogP contribution >= 0.6 is 0 Å². The van der Waals surface area contributed by atoms with Gasteiger partial charge in [0.2, 0.25) is 5.91 Å². The van der Waals surface area contributed by atoms with Crippen LogP contribution in [0.4, 0.5) is 23.4 Å². The summed E-state index contributed by atoms with van der Waals surface area (Å²) < 4.78 is 58.9. The summed E-state index contributed by atoms with van der Waals surface area (Å²) in [5.74, 6) is -2.12. The number of hydrazine groups is 1. The fourth-order valence-electron chi connectivity index (χ4n) is 3.62. The molecule has 4 rings (SSSR count). The number of rotatable bonds is 3. The van der Waals surface area contributed by atoms with Gasteiger partial charge in [-0.25, -0.2) is 14.4 Å². The first-order chi connectivity index (χ1) is 16.0. The summed E-state index contributed by atoms with van der Waals surface area (Å²) in [6, 6.07) is 4.29. The van der Waals surface area contributed by atoms with Gasteiger partial charge in [-0.15, -0.1) is 0 Å². The molecule has 1 aliphatic heterocycles. The molecule has 12 heteroatoms. The Morgan fingerprint density at radius 2 is 1.88 bits per heavy atom. The summed E-state index contributed by atoms with van der Waals surface area (Å²) in [6.07, 6.45) is -3.95. The first kappa shape index (κ1) is 23.4. The summed E-state index contributed by atoms with van der Waals surface area (Å²) >= 11 is 0. The first-order valence-electron chi connectivity index (χ1n) is 10.0. The largest absolute Gasteiger partial charge is 0.417 e. The predicted molar refractivity (Wildman–Crippen MR) is 112 cm³/mol. The van der Waals surface area contributed by atoms with Crippen LogP contribution in [0.1, 0.15) is 39.7 Å². The summed E-state index contributed by atoms with van der Waals surface area (Å²) in [5.41, 5.74) is 6.26. The third-order valence-corrected chi connectivity index (χ3v) is 5.56. The van der Waals surface area contributed by atoms with E-state index in [1.54, 1.807) is 0 Å². The van der Waals surface area contributed by atoms with E-state index in [-0.39, 0.29) is 42.4 Å². The number of nitrogens with two attached hydrogens (primary N) is 1. The molecule has 34 heavy (non-hydrogen) atoms. The molecule has 0 atom stereocenters. The number of pyridine rings is 2. The Morgan fingerprint density at radius 3 is 2.50 bits per heavy atom. The third kappa shape index (κ3) is 4.23. The summed E-state index contributed by atoms with van der Waals surface area (Å²) in [5, 5.41) is 2.33. The van der Waals surface area contributed by atoms with Gasteiger partial charge in [-0.2, -0.15) is 13.2 Å². The first-order valence-corrected chi connectivity index (χ1v) is 10.0. The lowest BCUT2D eigenvalue weighted by atomic mass is 10.0. The van der Waals surface area contributed by atoms with Crippen molar-refractivity contribution < 1.29 is 31.9 Å². The SMILES string of the molecule is CC(=O)N(C)N(Cc1ccc(C(F)(F)F)cn1)C(=O)c1cc2c3c(c(N)nc2cc1F)COC3. The van der Waals surface area contributed by atoms with Gasteiger partial charge in [-0.3, -0.25) is 19.6 Å². The van der Waals surface area contributed by atoms with Crippen molar-refractivity contribution in [2.24, 2.45) is 0 Å². The fourth-order valence-corrected chi connectivity index (χ4v) is 3.62. The van der Waals surface area contributed by atoms with Gasteiger partial charge in [0.15, 0.2) is 0 Å². The number of amides is 2. The monoisotopic (exact) mass is 477 g/mol. The van der Waals surface area contributed by atoms with Crippen molar-refractivity contribution in [2.45, 2.75) is 32.9 Å². The highest BCUT2D eigenvalue weighted by atomic mass is 19.4. The molecule has 1 aromatic carbocycles. The van der Waals surface area contributed by atoms with E-state index >= 15 is 0 Å². The number of ether oxygens (including phenoxy) is 1. The van der Waals surface area contributed by atoms with Crippen LogP contribution < -0.4 is 5.73 Å². The van der Waals surface area contributed by atoms with Gasteiger partial charge in [-0.05, 0) is 23.8 Å². The molecule has 0 unspecified atom stereocenters. The zero-order valence-electron chi connectivity index (χ0n) is 18.1. The van der Waals surface area contributed by atoms with E-state index in [2.05, 4.69) is 9.97 Å². The number of nitrogen functional groups attached to an aromatic ring is 1. The van der Waals surface area contributed by atoms with Crippen molar-refractivity contribution in [2.75, 3.05) is 12.8 Å². The Labute approximate surface area is 190 Å². The number of anilines is 1. The number of carbonyl (C=O) groups is 2. The van der Waals surface area contributed by atoms with Crippen molar-refractivity contribution in [3.05, 3.63) is 64.2 Å². The van der Waals surface area contributed by atoms with Gasteiger partial charge < -0.3 is 10.5 Å². The number of halogens is 4. The Kier molecular flexibility index (Phi) is 5.86. The molecule has 2 amide bonds. The second-order valence-electron chi connectivity index (χ2n) is 7.74. The quantitative estimate of drug-likeness (QED) is 0.458. The average molecular weight is 477 g/mol. The predicted octanol–water partition coefficient (Wildman–Crippen LogP) is 3.44. The molecule has 0 saturated carbocycles. The van der Waals surface area contributed by atoms with Crippen LogP contribution in [0.5, 0.6) is 0 Å². The summed E-state index contributed by atoms with van der Waals surface area (Å²) in [7, 11) is 1.29. The topological polar surface area (TPSA) is 102 Å². The molecule has 0 saturated heterocycles. The van der Waals surface area contributed by atoms with Crippen LogP contribution in [-0.2, 0) is 35.5 Å². The third-order valence-electron chi connectivity index (χ3n) is 5.56. The van der Waals surface area contributed by atoms with Crippen LogP contribution in [0, 0.1) is 5.82 Å². The van der Waals surface area contributed by atoms with E-state index in [4.69, 9.17) is 10.5 Å². The number of alkyl halides is 3. The van der Waals surface area contributed by atoms with E-state index in [0.29, 0.717) is 22.7 Å². The molecular weight excluding hydrogens is 458 g/mol. The summed E-state index contributed by atoms with van der Waals surface area (Å²) in [4.78, 5) is 33.3. The number of carbonyl (C=O) groups excluding carboxylic acids is 2. The Morgan fingerprint density at radius 1 is 1.18 bits per heavy atom. The van der Waals surface area contributed by atoms with E-state index in [1.165, 1.54) is 20.0 Å². The van der Waals surface area contributed by atoms with Crippen LogP contribution in [-0.4, -0.2) is 38.8 Å². The van der Waals surface area contributed by atoms with E-state index < -0.39 is 29.4 Å². The Bertz CT molecular complexity index is 1290. The molecule has 0 spiro atoms. The molecular formula is C22H19F4N5O3. The number of hydrogen-bond donors (Lipinski definition) is 1. The normalized spacial score (nSPS) is 13.1. The molecule has 0 radical (unpaired) electrons. The Balaban J connectivity index is 1.74. The van der Waals surface area contributed by atoms with Gasteiger partial charge >= 0.3 is 6.18 Å². The molecule has 0 bridgehead atoms. The molecule has 1 aliphatic rings. The maximum absolute atomic E-state index is 15.0. The highest BCUT2D eigenvalue weighted by Crippen LogP contribution is 2.33. The van der Waals surface area contributed by atoms with Gasteiger partial charge in [-0.1, -0.05) is 0 Å². The lowest BCUT2D eigenvalue weighted by molar-refractivity contribution is -0.140. The second kappa shape index (κ2) is 8.52. The zero-order valence-corrected chi connectivity index (χ0v) is 18.1. The lowest BCUT2D eigenvalue weighted by Crippen LogP contribution is -2.46. The van der Waals surface area contributed by atoms with Crippen LogP contribution in [0.15, 0.2) is 30.5 Å². The van der Waals surface area contributed by atoms with Crippen molar-refractivity contribution in [1.29, 1.82) is 0 Å². The van der Waals surface area contributed by atoms with E-state index in [9.17, 15) is 27.2 Å². The molecule has 2 aromatic heterocycles. The molecule has 2 N–H and O–H groups in total. The number of benzene rings is 1. The molecule has 8 nitrogen and oxygen atoms in total. The minimum atomic E-state index is -4.58. The number of nitrogens with zero attached hydrogens (tertiary/aromatic N) is 4. The number of hydrogen-bond acceptors (Lipinski definition) is 6. The molecule has 3 aromatic rings. The number of fused-ring (bicyclic) bond motifs is 3. The minimum Gasteiger partial charge on any atom is -0.383 e. The smallest absolute Gasteiger partial charge is 0.383 e. The highest BCUT2D eigenvalue weighted by Gasteiger charge is 2.31. The summed E-state index contributed by atoms with van der Waals surface area (Å²) in [6.45, 7) is 1.27. The van der Waals surface area contributed by atoms with Crippen molar-refractivity contribution >= 4 is 28.5 Å². The van der Waals surface area contributed by atoms with Gasteiger partial charge in [0.25, 0.3) is 5.91 Å². The highest BCUT2D eigenvalue weighted by molar-refractivity contribution is 6.00. The molecule has 3 heterocycles.